The average molecular weight is 392 g/mol. The van der Waals surface area contributed by atoms with Gasteiger partial charge in [-0.25, -0.2) is 0 Å². The van der Waals surface area contributed by atoms with Crippen LogP contribution in [-0.4, -0.2) is 18.8 Å². The largest absolute Gasteiger partial charge is 0.496 e. The van der Waals surface area contributed by atoms with Gasteiger partial charge >= 0.3 is 0 Å². The zero-order valence-electron chi connectivity index (χ0n) is 13.2. The van der Waals surface area contributed by atoms with Crippen molar-refractivity contribution >= 4 is 46.0 Å². The molecule has 4 nitrogen and oxygen atoms in total. The van der Waals surface area contributed by atoms with Crippen LogP contribution in [0.4, 0.5) is 0 Å². The molecular weight excluding hydrogens is 378 g/mol. The predicted octanol–water partition coefficient (Wildman–Crippen LogP) is 4.63. The van der Waals surface area contributed by atoms with Crippen LogP contribution in [0.25, 0.3) is 0 Å². The molecule has 2 aromatic heterocycles. The molecule has 0 aliphatic rings. The van der Waals surface area contributed by atoms with Crippen molar-refractivity contribution in [2.75, 3.05) is 7.11 Å². The van der Waals surface area contributed by atoms with Crippen LogP contribution in [0.3, 0.4) is 0 Å². The summed E-state index contributed by atoms with van der Waals surface area (Å²) in [6.45, 7) is 0.330. The lowest BCUT2D eigenvalue weighted by Gasteiger charge is -2.09. The van der Waals surface area contributed by atoms with Crippen molar-refractivity contribution in [2.24, 2.45) is 0 Å². The second-order valence-electron chi connectivity index (χ2n) is 5.10. The highest BCUT2D eigenvalue weighted by Gasteiger charge is 2.15. The summed E-state index contributed by atoms with van der Waals surface area (Å²) < 4.78 is 5.19. The molecule has 0 aliphatic carbocycles. The van der Waals surface area contributed by atoms with Crippen LogP contribution in [-0.2, 0) is 6.54 Å². The van der Waals surface area contributed by atoms with E-state index >= 15 is 0 Å². The minimum Gasteiger partial charge on any atom is -0.496 e. The van der Waals surface area contributed by atoms with Crippen LogP contribution in [0.2, 0.25) is 5.02 Å². The summed E-state index contributed by atoms with van der Waals surface area (Å²) in [5.41, 5.74) is 0.376. The topological polar surface area (TPSA) is 55.4 Å². The van der Waals surface area contributed by atoms with Gasteiger partial charge in [0.05, 0.1) is 29.0 Å². The molecule has 0 atom stereocenters. The summed E-state index contributed by atoms with van der Waals surface area (Å²) in [5.74, 6) is 0.189. The van der Waals surface area contributed by atoms with Gasteiger partial charge in [-0.3, -0.25) is 9.59 Å². The number of hydrogen-bond acceptors (Lipinski definition) is 5. The van der Waals surface area contributed by atoms with Crippen molar-refractivity contribution in [3.8, 4) is 5.75 Å². The van der Waals surface area contributed by atoms with E-state index in [-0.39, 0.29) is 11.7 Å². The molecule has 0 radical (unpaired) electrons. The number of methoxy groups -OCH3 is 1. The SMILES string of the molecule is COc1ccc(Cl)cc1C(=O)NCc1ccc(C(=O)c2cccs2)s1. The van der Waals surface area contributed by atoms with Gasteiger partial charge in [0.2, 0.25) is 5.78 Å². The fourth-order valence-electron chi connectivity index (χ4n) is 2.24. The van der Waals surface area contributed by atoms with E-state index in [1.165, 1.54) is 29.8 Å². The van der Waals surface area contributed by atoms with Crippen molar-refractivity contribution in [3.63, 3.8) is 0 Å². The van der Waals surface area contributed by atoms with E-state index < -0.39 is 0 Å². The number of thiophene rings is 2. The second-order valence-corrected chi connectivity index (χ2v) is 7.65. The van der Waals surface area contributed by atoms with Gasteiger partial charge in [0, 0.05) is 9.90 Å². The lowest BCUT2D eigenvalue weighted by molar-refractivity contribution is 0.0947. The third-order valence-electron chi connectivity index (χ3n) is 3.46. The summed E-state index contributed by atoms with van der Waals surface area (Å²) in [5, 5.41) is 5.17. The van der Waals surface area contributed by atoms with Crippen LogP contribution in [0.15, 0.2) is 47.8 Å². The third kappa shape index (κ3) is 4.10. The standard InChI is InChI=1S/C18H14ClNO3S2/c1-23-14-6-4-11(19)9-13(14)18(22)20-10-12-5-7-16(25-12)17(21)15-3-2-8-24-15/h2-9H,10H2,1H3,(H,20,22). The van der Waals surface area contributed by atoms with E-state index in [1.807, 2.05) is 17.5 Å². The van der Waals surface area contributed by atoms with E-state index in [1.54, 1.807) is 30.3 Å². The molecular formula is C18H14ClNO3S2. The smallest absolute Gasteiger partial charge is 0.255 e. The third-order valence-corrected chi connectivity index (χ3v) is 5.65. The van der Waals surface area contributed by atoms with Gasteiger partial charge in [-0.15, -0.1) is 22.7 Å². The van der Waals surface area contributed by atoms with Crippen molar-refractivity contribution in [1.82, 2.24) is 5.32 Å². The molecule has 2 heterocycles. The molecule has 0 spiro atoms. The van der Waals surface area contributed by atoms with E-state index in [0.717, 1.165) is 4.88 Å². The number of carbonyl (C=O) groups is 2. The zero-order chi connectivity index (χ0) is 17.8. The van der Waals surface area contributed by atoms with E-state index in [0.29, 0.717) is 32.6 Å². The van der Waals surface area contributed by atoms with Gasteiger partial charge in [0.25, 0.3) is 5.91 Å². The molecule has 128 valence electrons. The van der Waals surface area contributed by atoms with Gasteiger partial charge in [-0.05, 0) is 41.8 Å². The first-order valence-corrected chi connectivity index (χ1v) is 9.44. The summed E-state index contributed by atoms with van der Waals surface area (Å²) >= 11 is 8.74. The highest BCUT2D eigenvalue weighted by molar-refractivity contribution is 7.16. The Labute approximate surface area is 158 Å². The van der Waals surface area contributed by atoms with Crippen LogP contribution in [0.5, 0.6) is 5.75 Å². The maximum absolute atomic E-state index is 12.4. The monoisotopic (exact) mass is 391 g/mol. The fraction of sp³-hybridized carbons (Fsp3) is 0.111. The first-order chi connectivity index (χ1) is 12.1. The zero-order valence-corrected chi connectivity index (χ0v) is 15.6. The summed E-state index contributed by atoms with van der Waals surface area (Å²) in [7, 11) is 1.50. The van der Waals surface area contributed by atoms with E-state index in [4.69, 9.17) is 16.3 Å². The molecule has 1 aromatic carbocycles. The first kappa shape index (κ1) is 17.7. The average Bonchev–Trinajstić information content (AvgIpc) is 3.31. The number of hydrogen-bond donors (Lipinski definition) is 1. The Morgan fingerprint density at radius 1 is 1.16 bits per heavy atom. The molecule has 0 aliphatic heterocycles. The quantitative estimate of drug-likeness (QED) is 0.623. The molecule has 0 saturated heterocycles. The summed E-state index contributed by atoms with van der Waals surface area (Å²) in [4.78, 5) is 26.9. The molecule has 0 bridgehead atoms. The summed E-state index contributed by atoms with van der Waals surface area (Å²) in [6.07, 6.45) is 0. The van der Waals surface area contributed by atoms with Crippen molar-refractivity contribution in [3.05, 3.63) is 73.1 Å². The van der Waals surface area contributed by atoms with Gasteiger partial charge in [-0.2, -0.15) is 0 Å². The molecule has 0 saturated carbocycles. The number of rotatable bonds is 6. The Morgan fingerprint density at radius 3 is 2.72 bits per heavy atom. The van der Waals surface area contributed by atoms with E-state index in [9.17, 15) is 9.59 Å². The maximum atomic E-state index is 12.4. The van der Waals surface area contributed by atoms with Crippen LogP contribution in [0.1, 0.15) is 29.8 Å². The normalized spacial score (nSPS) is 10.5. The van der Waals surface area contributed by atoms with Crippen molar-refractivity contribution < 1.29 is 14.3 Å². The molecule has 1 N–H and O–H groups in total. The highest BCUT2D eigenvalue weighted by atomic mass is 35.5. The molecule has 25 heavy (non-hydrogen) atoms. The van der Waals surface area contributed by atoms with Crippen molar-refractivity contribution in [2.45, 2.75) is 6.54 Å². The van der Waals surface area contributed by atoms with Crippen LogP contribution < -0.4 is 10.1 Å². The number of nitrogens with one attached hydrogen (secondary N) is 1. The number of amides is 1. The first-order valence-electron chi connectivity index (χ1n) is 7.37. The lowest BCUT2D eigenvalue weighted by Crippen LogP contribution is -2.22. The van der Waals surface area contributed by atoms with Gasteiger partial charge in [0.1, 0.15) is 5.75 Å². The lowest BCUT2D eigenvalue weighted by atomic mass is 10.2. The number of carbonyl (C=O) groups excluding carboxylic acids is 2. The van der Waals surface area contributed by atoms with E-state index in [2.05, 4.69) is 5.32 Å². The van der Waals surface area contributed by atoms with Crippen molar-refractivity contribution in [1.29, 1.82) is 0 Å². The molecule has 0 unspecified atom stereocenters. The van der Waals surface area contributed by atoms with Crippen LogP contribution in [0, 0.1) is 0 Å². The van der Waals surface area contributed by atoms with Crippen LogP contribution >= 0.6 is 34.3 Å². The number of ether oxygens (including phenoxy) is 1. The number of ketones is 1. The maximum Gasteiger partial charge on any atom is 0.255 e. The Kier molecular flexibility index (Phi) is 5.53. The molecule has 7 heteroatoms. The predicted molar refractivity (Wildman–Crippen MR) is 101 cm³/mol. The fourth-order valence-corrected chi connectivity index (χ4v) is 4.06. The Balaban J connectivity index is 1.67. The minimum atomic E-state index is -0.279. The minimum absolute atomic E-state index is 0.00841. The molecule has 3 rings (SSSR count). The highest BCUT2D eigenvalue weighted by Crippen LogP contribution is 2.24. The Bertz CT molecular complexity index is 903. The van der Waals surface area contributed by atoms with Gasteiger partial charge < -0.3 is 10.1 Å². The number of benzene rings is 1. The Morgan fingerprint density at radius 2 is 2.00 bits per heavy atom. The molecule has 0 fully saturated rings. The second kappa shape index (κ2) is 7.82. The van der Waals surface area contributed by atoms with Gasteiger partial charge in [-0.1, -0.05) is 17.7 Å². The van der Waals surface area contributed by atoms with Gasteiger partial charge in [0.15, 0.2) is 0 Å². The summed E-state index contributed by atoms with van der Waals surface area (Å²) in [6, 6.07) is 12.2. The molecule has 3 aromatic rings. The molecule has 1 amide bonds. The number of halogens is 1. The Hall–Kier alpha value is -2.15.